The Hall–Kier alpha value is -9.97. The van der Waals surface area contributed by atoms with Crippen LogP contribution in [-0.2, 0) is 10.8 Å². The van der Waals surface area contributed by atoms with E-state index >= 15 is 0 Å². The van der Waals surface area contributed by atoms with E-state index in [0.717, 1.165) is 12.3 Å². The number of hydrogen-bond acceptors (Lipinski definition) is 4. The predicted octanol–water partition coefficient (Wildman–Crippen LogP) is 21.6. The van der Waals surface area contributed by atoms with Crippen LogP contribution in [-0.4, -0.2) is 25.2 Å². The summed E-state index contributed by atoms with van der Waals surface area (Å²) in [5, 5.41) is 89.5. The third kappa shape index (κ3) is 2.13. The lowest BCUT2D eigenvalue weighted by Crippen LogP contribution is -2.51. The number of para-hydroxylation sites is 2. The van der Waals surface area contributed by atoms with Crippen molar-refractivity contribution >= 4 is 314 Å². The molecule has 1 unspecified atom stereocenters. The Balaban J connectivity index is 0.835. The van der Waals surface area contributed by atoms with E-state index in [9.17, 15) is 0 Å². The molecule has 2 spiro atoms. The third-order valence-corrected chi connectivity index (χ3v) is 30.1. The van der Waals surface area contributed by atoms with Crippen molar-refractivity contribution in [2.75, 3.05) is 25.2 Å². The Kier molecular flexibility index (Phi) is 3.46. The number of nitrogens with zero attached hydrogens (tertiary/aromatic N) is 2. The minimum absolute atomic E-state index is 0.0742. The van der Waals surface area contributed by atoms with E-state index in [1.54, 1.807) is 313 Å². The van der Waals surface area contributed by atoms with E-state index < -0.39 is 5.41 Å². The molecule has 0 radical (unpaired) electrons. The van der Waals surface area contributed by atoms with E-state index in [1.807, 2.05) is 11.8 Å². The molecule has 31 aromatic rings. The van der Waals surface area contributed by atoms with Gasteiger partial charge in [-0.05, 0) is 362 Å². The van der Waals surface area contributed by atoms with Crippen LogP contribution in [0, 0.1) is 0 Å². The maximum Gasteiger partial charge on any atom is 0.165 e. The van der Waals surface area contributed by atoms with E-state index in [-0.39, 0.29) is 11.5 Å². The minimum Gasteiger partial charge on any atom is -0.473 e. The van der Waals surface area contributed by atoms with Gasteiger partial charge in [0.25, 0.3) is 0 Å². The Morgan fingerprint density at radius 2 is 0.581 bits per heavy atom. The molecule has 1 atom stereocenters. The van der Waals surface area contributed by atoms with E-state index in [2.05, 4.69) is 89.6 Å². The van der Waals surface area contributed by atoms with E-state index in [1.165, 1.54) is 26.7 Å². The zero-order chi connectivity index (χ0) is 52.0. The summed E-state index contributed by atoms with van der Waals surface area (Å²) in [5.41, 5.74) is 10.1. The normalized spacial score (nSPS) is 22.1. The molecule has 37 rings (SSSR count). The van der Waals surface area contributed by atoms with E-state index in [4.69, 9.17) is 4.74 Å². The molecule has 2 heterocycles. The molecule has 31 aromatic carbocycles. The lowest BCUT2D eigenvalue weighted by Gasteiger charge is -2.52. The highest BCUT2D eigenvalue weighted by Gasteiger charge is 2.76. The number of hydrogen-bond donors (Lipinski definition) is 0. The predicted molar refractivity (Wildman–Crippen MR) is 360 cm³/mol. The van der Waals surface area contributed by atoms with Crippen LogP contribution < -0.4 is 9.64 Å². The molecule has 86 heavy (non-hydrogen) atoms. The largest absolute Gasteiger partial charge is 0.473 e. The van der Waals surface area contributed by atoms with Crippen LogP contribution in [0.3, 0.4) is 0 Å². The number of fused-ring (bicyclic) bond motifs is 2. The molecule has 0 saturated carbocycles. The molecule has 4 heteroatoms. The van der Waals surface area contributed by atoms with Crippen molar-refractivity contribution in [2.24, 2.45) is 0 Å². The first-order chi connectivity index (χ1) is 42.8. The first kappa shape index (κ1) is 34.7. The van der Waals surface area contributed by atoms with Gasteiger partial charge in [-0.15, -0.1) is 0 Å². The number of likely N-dealkylation sites (N-methyl/N-ethyl adjacent to an activating group) is 1. The highest BCUT2D eigenvalue weighted by atomic mass is 32.2. The third-order valence-electron chi connectivity index (χ3n) is 29.0. The molecule has 6 aliphatic rings. The molecule has 0 aromatic heterocycles. The van der Waals surface area contributed by atoms with Crippen LogP contribution in [0.5, 0.6) is 5.75 Å². The number of likely N-dealkylation sites (tertiary alicyclic amines) is 1. The van der Waals surface area contributed by atoms with E-state index in [0.29, 0.717) is 6.73 Å². The van der Waals surface area contributed by atoms with Crippen molar-refractivity contribution in [3.8, 4) is 5.75 Å². The molecular formula is C82H20N2OS. The summed E-state index contributed by atoms with van der Waals surface area (Å²) in [6.07, 6.45) is 0. The van der Waals surface area contributed by atoms with Gasteiger partial charge in [-0.2, -0.15) is 0 Å². The molecule has 2 aliphatic heterocycles. The first-order valence-electron chi connectivity index (χ1n) is 31.6. The van der Waals surface area contributed by atoms with Crippen LogP contribution >= 0.6 is 11.8 Å². The molecule has 1 fully saturated rings. The zero-order valence-electron chi connectivity index (χ0n) is 44.6. The molecule has 1 saturated heterocycles. The van der Waals surface area contributed by atoms with Gasteiger partial charge in [0.1, 0.15) is 5.75 Å². The standard InChI is InChI=1S/C82H20N2OS/c1-83-14-81-76-68-60-50-40-32-24-22-23-26-30-28(24)36-44-38(30)48-42-34(26)35-27(23)31-29-25(22)33(32)41-47-37(29)45-39(31)49-43(35)53-52(42)64-58(48)66-56(44)62(54(60)46(36)40)70(76)72(66)78-74(64)75-65(53)59(49)67-57(45)63-55(47)61(51(41)50)69(68)77(81)71(63)73(67)79(75)82(78,81)80(83)16-10-12-17(13-11-16)85-15-84-18-6-2-4-8-20(18)86-21-9-5-3-7-19(21)84/h2-13,80H,14-15H2,1H3. The molecular weight excluding hydrogens is 1060 g/mol. The SMILES string of the molecule is CN1CC23c4c5c6c7c8c9c(c%10c%11c2c2c4c4c%12c5c5c6c6c8c8c%13c9c9c%10c%10c%11c%11c2c2c4c4c%12c%12c5c5c6c8c6c8c%13c9c9c%10c%10c%11c2c2c4c4c%12c5c6c5c8c9c%10c2c45)C73C1c1ccc(OCN2c3ccccc3Sc3ccccc32)cc1. The smallest absolute Gasteiger partial charge is 0.165 e. The Morgan fingerprint density at radius 3 is 0.872 bits per heavy atom. The molecule has 370 valence electrons. The summed E-state index contributed by atoms with van der Waals surface area (Å²) in [5.74, 6) is 0.926. The average molecular weight is 1080 g/mol. The van der Waals surface area contributed by atoms with Crippen molar-refractivity contribution in [1.29, 1.82) is 0 Å². The zero-order valence-corrected chi connectivity index (χ0v) is 45.4. The van der Waals surface area contributed by atoms with Gasteiger partial charge in [0.05, 0.1) is 22.2 Å². The van der Waals surface area contributed by atoms with Crippen LogP contribution in [0.1, 0.15) is 33.9 Å². The second-order valence-electron chi connectivity index (χ2n) is 30.1. The number of anilines is 2. The van der Waals surface area contributed by atoms with Gasteiger partial charge in [-0.3, -0.25) is 4.90 Å². The fourth-order valence-corrected chi connectivity index (χ4v) is 29.5. The fraction of sp³-hybridized carbons (Fsp3) is 0.0732. The Morgan fingerprint density at radius 1 is 0.326 bits per heavy atom. The quantitative estimate of drug-likeness (QED) is 0.163. The summed E-state index contributed by atoms with van der Waals surface area (Å²) in [6.45, 7) is 1.44. The maximum atomic E-state index is 7.05. The van der Waals surface area contributed by atoms with Gasteiger partial charge in [-0.25, -0.2) is 0 Å². The number of rotatable bonds is 4. The molecule has 0 N–H and O–H groups in total. The van der Waals surface area contributed by atoms with Gasteiger partial charge in [0.2, 0.25) is 0 Å². The van der Waals surface area contributed by atoms with Crippen LogP contribution in [0.15, 0.2) is 82.6 Å². The highest BCUT2D eigenvalue weighted by Crippen LogP contribution is 2.87. The van der Waals surface area contributed by atoms with Gasteiger partial charge < -0.3 is 9.64 Å². The van der Waals surface area contributed by atoms with Gasteiger partial charge >= 0.3 is 0 Å². The second-order valence-corrected chi connectivity index (χ2v) is 31.2. The van der Waals surface area contributed by atoms with Crippen molar-refractivity contribution in [3.63, 3.8) is 0 Å². The second kappa shape index (κ2) is 8.57. The van der Waals surface area contributed by atoms with Crippen molar-refractivity contribution in [1.82, 2.24) is 4.90 Å². The van der Waals surface area contributed by atoms with Crippen molar-refractivity contribution in [2.45, 2.75) is 26.7 Å². The van der Waals surface area contributed by atoms with Crippen LogP contribution in [0.2, 0.25) is 0 Å². The summed E-state index contributed by atoms with van der Waals surface area (Å²) in [7, 11) is 2.57. The van der Waals surface area contributed by atoms with Gasteiger partial charge in [0.15, 0.2) is 6.73 Å². The topological polar surface area (TPSA) is 15.7 Å². The summed E-state index contributed by atoms with van der Waals surface area (Å²) >= 11 is 1.86. The lowest BCUT2D eigenvalue weighted by molar-refractivity contribution is 0.271. The summed E-state index contributed by atoms with van der Waals surface area (Å²) in [4.78, 5) is 7.87. The van der Waals surface area contributed by atoms with Crippen molar-refractivity contribution < 1.29 is 4.74 Å². The van der Waals surface area contributed by atoms with Crippen LogP contribution in [0.4, 0.5) is 11.4 Å². The van der Waals surface area contributed by atoms with Crippen LogP contribution in [0.25, 0.3) is 291 Å². The number of ether oxygens (including phenoxy) is 1. The van der Waals surface area contributed by atoms with Gasteiger partial charge in [0, 0.05) is 22.4 Å². The molecule has 4 aliphatic carbocycles. The summed E-state index contributed by atoms with van der Waals surface area (Å²) < 4.78 is 7.05. The highest BCUT2D eigenvalue weighted by molar-refractivity contribution is 7.99. The lowest BCUT2D eigenvalue weighted by atomic mass is 9.47. The first-order valence-corrected chi connectivity index (χ1v) is 32.4. The summed E-state index contributed by atoms with van der Waals surface area (Å²) in [6, 6.07) is 27.5. The average Bonchev–Trinajstić information content (AvgIpc) is 1.38. The monoisotopic (exact) mass is 1080 g/mol. The molecule has 0 bridgehead atoms. The fourth-order valence-electron chi connectivity index (χ4n) is 28.4. The maximum absolute atomic E-state index is 7.05. The number of benzene rings is 21. The minimum atomic E-state index is -0.394. The molecule has 3 nitrogen and oxygen atoms in total. The van der Waals surface area contributed by atoms with Crippen molar-refractivity contribution in [3.05, 3.63) is 101 Å². The Labute approximate surface area is 478 Å². The Bertz CT molecular complexity index is 8200. The van der Waals surface area contributed by atoms with Gasteiger partial charge in [-0.1, -0.05) is 48.2 Å². The molecule has 0 amide bonds.